The summed E-state index contributed by atoms with van der Waals surface area (Å²) in [5.74, 6) is -2.22. The number of esters is 1. The molecule has 0 saturated carbocycles. The van der Waals surface area contributed by atoms with Crippen LogP contribution in [0.4, 0.5) is 0 Å². The Hall–Kier alpha value is -3.88. The molecule has 2 aromatic rings. The van der Waals surface area contributed by atoms with Crippen LogP contribution in [0, 0.1) is 0 Å². The largest absolute Gasteiger partial charge is 0.478 e. The fourth-order valence-electron chi connectivity index (χ4n) is 2.93. The third-order valence-electron chi connectivity index (χ3n) is 4.43. The standard InChI is InChI=1S/C19H22N2O3.C4H4O4/c1-4-23-18(22)19(2,3)24-17-8-6-14-5-7-16(11-15(14)12-17)21-10-9-20-13-21;5-3(6)1-2-4(7)8/h6,8-13H,4-5,7H2,1-3H3;1-2H,(H,5,6)(H,7,8)/b;2-1-. The molecular formula is C23H26N2O7. The van der Waals surface area contributed by atoms with Gasteiger partial charge in [-0.1, -0.05) is 6.07 Å². The molecule has 1 aliphatic carbocycles. The maximum atomic E-state index is 12.0. The molecule has 0 radical (unpaired) electrons. The third-order valence-corrected chi connectivity index (χ3v) is 4.43. The van der Waals surface area contributed by atoms with Crippen molar-refractivity contribution >= 4 is 29.7 Å². The van der Waals surface area contributed by atoms with Crippen LogP contribution in [0.3, 0.4) is 0 Å². The summed E-state index contributed by atoms with van der Waals surface area (Å²) in [4.78, 5) is 35.2. The van der Waals surface area contributed by atoms with Crippen LogP contribution in [0.25, 0.3) is 11.8 Å². The topological polar surface area (TPSA) is 128 Å². The van der Waals surface area contributed by atoms with E-state index < -0.39 is 17.5 Å². The number of nitrogens with zero attached hydrogens (tertiary/aromatic N) is 2. The fraction of sp³-hybridized carbons (Fsp3) is 0.304. The lowest BCUT2D eigenvalue weighted by atomic mass is 9.95. The molecule has 3 rings (SSSR count). The summed E-state index contributed by atoms with van der Waals surface area (Å²) in [6, 6.07) is 5.95. The molecule has 0 atom stereocenters. The van der Waals surface area contributed by atoms with Crippen LogP contribution in [0.1, 0.15) is 38.3 Å². The first-order chi connectivity index (χ1) is 15.1. The van der Waals surface area contributed by atoms with Crippen molar-refractivity contribution in [3.05, 3.63) is 60.2 Å². The molecule has 1 heterocycles. The number of fused-ring (bicyclic) bond motifs is 1. The molecule has 9 nitrogen and oxygen atoms in total. The predicted octanol–water partition coefficient (Wildman–Crippen LogP) is 3.26. The average molecular weight is 442 g/mol. The minimum atomic E-state index is -1.26. The number of aliphatic carboxylic acids is 2. The van der Waals surface area contributed by atoms with E-state index in [0.29, 0.717) is 24.5 Å². The van der Waals surface area contributed by atoms with Gasteiger partial charge in [0.15, 0.2) is 5.60 Å². The fourth-order valence-corrected chi connectivity index (χ4v) is 2.93. The van der Waals surface area contributed by atoms with Crippen LogP contribution in [0.15, 0.2) is 49.1 Å². The predicted molar refractivity (Wildman–Crippen MR) is 117 cm³/mol. The highest BCUT2D eigenvalue weighted by atomic mass is 16.6. The Morgan fingerprint density at radius 2 is 1.84 bits per heavy atom. The van der Waals surface area contributed by atoms with E-state index in [-0.39, 0.29) is 5.97 Å². The number of carbonyl (C=O) groups is 3. The average Bonchev–Trinajstić information content (AvgIpc) is 3.27. The maximum Gasteiger partial charge on any atom is 0.349 e. The molecule has 2 N–H and O–H groups in total. The molecule has 32 heavy (non-hydrogen) atoms. The van der Waals surface area contributed by atoms with Crippen molar-refractivity contribution < 1.29 is 34.1 Å². The lowest BCUT2D eigenvalue weighted by molar-refractivity contribution is -0.158. The number of imidazole rings is 1. The number of hydrogen-bond donors (Lipinski definition) is 2. The van der Waals surface area contributed by atoms with Crippen molar-refractivity contribution in [2.24, 2.45) is 0 Å². The Labute approximate surface area is 185 Å². The molecule has 1 aromatic carbocycles. The number of ether oxygens (including phenoxy) is 2. The van der Waals surface area contributed by atoms with E-state index in [2.05, 4.69) is 17.1 Å². The summed E-state index contributed by atoms with van der Waals surface area (Å²) < 4.78 is 13.0. The lowest BCUT2D eigenvalue weighted by Gasteiger charge is -2.25. The third kappa shape index (κ3) is 7.12. The summed E-state index contributed by atoms with van der Waals surface area (Å²) in [6.07, 6.45) is 10.7. The molecule has 0 unspecified atom stereocenters. The van der Waals surface area contributed by atoms with Crippen LogP contribution in [0.2, 0.25) is 0 Å². The highest BCUT2D eigenvalue weighted by molar-refractivity contribution is 5.89. The number of benzene rings is 1. The number of allylic oxidation sites excluding steroid dienone is 1. The molecule has 1 aliphatic rings. The van der Waals surface area contributed by atoms with Crippen molar-refractivity contribution in [1.82, 2.24) is 9.55 Å². The zero-order chi connectivity index (χ0) is 23.7. The molecule has 0 spiro atoms. The summed E-state index contributed by atoms with van der Waals surface area (Å²) in [5, 5.41) is 15.6. The Bertz CT molecular complexity index is 1000. The van der Waals surface area contributed by atoms with Crippen LogP contribution in [0.5, 0.6) is 5.75 Å². The van der Waals surface area contributed by atoms with Gasteiger partial charge in [-0.25, -0.2) is 19.4 Å². The van der Waals surface area contributed by atoms with Gasteiger partial charge in [-0.05, 0) is 62.9 Å². The minimum Gasteiger partial charge on any atom is -0.478 e. The molecule has 0 amide bonds. The van der Waals surface area contributed by atoms with E-state index in [4.69, 9.17) is 19.7 Å². The molecular weight excluding hydrogens is 416 g/mol. The smallest absolute Gasteiger partial charge is 0.349 e. The van der Waals surface area contributed by atoms with Crippen LogP contribution >= 0.6 is 0 Å². The van der Waals surface area contributed by atoms with Gasteiger partial charge in [-0.3, -0.25) is 0 Å². The van der Waals surface area contributed by atoms with Gasteiger partial charge < -0.3 is 24.3 Å². The van der Waals surface area contributed by atoms with E-state index in [1.807, 2.05) is 22.9 Å². The van der Waals surface area contributed by atoms with E-state index >= 15 is 0 Å². The molecule has 170 valence electrons. The van der Waals surface area contributed by atoms with Gasteiger partial charge in [0.1, 0.15) is 5.75 Å². The monoisotopic (exact) mass is 442 g/mol. The number of carboxylic acid groups (broad SMARTS) is 2. The van der Waals surface area contributed by atoms with Gasteiger partial charge in [0, 0.05) is 30.2 Å². The van der Waals surface area contributed by atoms with E-state index in [9.17, 15) is 14.4 Å². The number of carboxylic acids is 2. The summed E-state index contributed by atoms with van der Waals surface area (Å²) in [5.41, 5.74) is 2.57. The molecule has 0 saturated heterocycles. The van der Waals surface area contributed by atoms with E-state index in [1.54, 1.807) is 33.3 Å². The van der Waals surface area contributed by atoms with Crippen LogP contribution in [-0.4, -0.2) is 49.9 Å². The Morgan fingerprint density at radius 3 is 2.41 bits per heavy atom. The summed E-state index contributed by atoms with van der Waals surface area (Å²) in [7, 11) is 0. The Morgan fingerprint density at radius 1 is 1.16 bits per heavy atom. The summed E-state index contributed by atoms with van der Waals surface area (Å²) in [6.45, 7) is 5.57. The van der Waals surface area contributed by atoms with Crippen molar-refractivity contribution in [3.63, 3.8) is 0 Å². The van der Waals surface area contributed by atoms with Crippen LogP contribution < -0.4 is 4.74 Å². The first kappa shape index (κ1) is 24.4. The van der Waals surface area contributed by atoms with Gasteiger partial charge in [-0.2, -0.15) is 0 Å². The number of hydrogen-bond acceptors (Lipinski definition) is 6. The van der Waals surface area contributed by atoms with E-state index in [1.165, 1.54) is 11.3 Å². The first-order valence-corrected chi connectivity index (χ1v) is 9.94. The zero-order valence-corrected chi connectivity index (χ0v) is 18.1. The Kier molecular flexibility index (Phi) is 8.34. The van der Waals surface area contributed by atoms with Crippen molar-refractivity contribution in [3.8, 4) is 5.75 Å². The zero-order valence-electron chi connectivity index (χ0n) is 18.1. The van der Waals surface area contributed by atoms with Crippen molar-refractivity contribution in [2.75, 3.05) is 6.61 Å². The van der Waals surface area contributed by atoms with Crippen molar-refractivity contribution in [2.45, 2.75) is 39.2 Å². The van der Waals surface area contributed by atoms with E-state index in [0.717, 1.165) is 18.4 Å². The molecule has 0 aliphatic heterocycles. The molecule has 9 heteroatoms. The minimum absolute atomic E-state index is 0.340. The van der Waals surface area contributed by atoms with Gasteiger partial charge in [0.05, 0.1) is 12.9 Å². The molecule has 0 fully saturated rings. The number of aromatic nitrogens is 2. The first-order valence-electron chi connectivity index (χ1n) is 9.94. The van der Waals surface area contributed by atoms with Gasteiger partial charge in [0.25, 0.3) is 0 Å². The molecule has 0 bridgehead atoms. The second-order valence-electron chi connectivity index (χ2n) is 7.31. The maximum absolute atomic E-state index is 12.0. The second-order valence-corrected chi connectivity index (χ2v) is 7.31. The SMILES string of the molecule is CCOC(=O)C(C)(C)Oc1ccc2c(c1)C=C(n1ccnc1)CC2.O=C(O)/C=C\C(=O)O. The second kappa shape index (κ2) is 10.9. The van der Waals surface area contributed by atoms with Gasteiger partial charge in [0.2, 0.25) is 0 Å². The van der Waals surface area contributed by atoms with Gasteiger partial charge in [-0.15, -0.1) is 0 Å². The lowest BCUT2D eigenvalue weighted by Crippen LogP contribution is -2.39. The van der Waals surface area contributed by atoms with Crippen molar-refractivity contribution in [1.29, 1.82) is 0 Å². The quantitative estimate of drug-likeness (QED) is 0.494. The highest BCUT2D eigenvalue weighted by Gasteiger charge is 2.31. The normalized spacial score (nSPS) is 12.8. The number of aryl methyl sites for hydroxylation is 1. The van der Waals surface area contributed by atoms with Gasteiger partial charge >= 0.3 is 17.9 Å². The highest BCUT2D eigenvalue weighted by Crippen LogP contribution is 2.30. The summed E-state index contributed by atoms with van der Waals surface area (Å²) >= 11 is 0. The Balaban J connectivity index is 0.000000390. The van der Waals surface area contributed by atoms with Crippen LogP contribution in [-0.2, 0) is 25.5 Å². The molecule has 1 aromatic heterocycles. The number of rotatable bonds is 7. The number of carbonyl (C=O) groups excluding carboxylic acids is 1.